The highest BCUT2D eigenvalue weighted by atomic mass is 16.5. The number of esters is 2. The Bertz CT molecular complexity index is 939. The fourth-order valence-corrected chi connectivity index (χ4v) is 5.31. The summed E-state index contributed by atoms with van der Waals surface area (Å²) in [5.41, 5.74) is 0.492. The number of aromatic hydroxyl groups is 2. The van der Waals surface area contributed by atoms with Gasteiger partial charge in [-0.2, -0.15) is 0 Å². The molecule has 0 unspecified atom stereocenters. The first kappa shape index (κ1) is 41.0. The molecule has 46 heavy (non-hydrogen) atoms. The molecular weight excluding hydrogens is 576 g/mol. The molecule has 6 heteroatoms. The molecule has 2 N–H and O–H groups in total. The van der Waals surface area contributed by atoms with Crippen molar-refractivity contribution in [3.05, 3.63) is 59.7 Å². The Balaban J connectivity index is 0.000000460. The van der Waals surface area contributed by atoms with Crippen molar-refractivity contribution < 1.29 is 29.3 Å². The third-order valence-corrected chi connectivity index (χ3v) is 8.21. The Morgan fingerprint density at radius 1 is 0.435 bits per heavy atom. The number of benzene rings is 2. The van der Waals surface area contributed by atoms with E-state index in [0.29, 0.717) is 13.2 Å². The normalized spacial score (nSPS) is 10.7. The van der Waals surface area contributed by atoms with E-state index in [-0.39, 0.29) is 22.6 Å². The molecule has 0 amide bonds. The minimum atomic E-state index is -0.435. The summed E-state index contributed by atoms with van der Waals surface area (Å²) in [4.78, 5) is 23.5. The van der Waals surface area contributed by atoms with E-state index in [2.05, 4.69) is 13.8 Å². The lowest BCUT2D eigenvalue weighted by atomic mass is 10.1. The molecule has 260 valence electrons. The average molecular weight is 641 g/mol. The lowest BCUT2D eigenvalue weighted by Crippen LogP contribution is -2.06. The maximum atomic E-state index is 11.8. The fourth-order valence-electron chi connectivity index (χ4n) is 5.31. The van der Waals surface area contributed by atoms with Crippen LogP contribution >= 0.6 is 0 Å². The van der Waals surface area contributed by atoms with Crippen molar-refractivity contribution in [3.63, 3.8) is 0 Å². The number of rotatable bonds is 26. The van der Waals surface area contributed by atoms with Crippen LogP contribution in [-0.2, 0) is 9.47 Å². The third-order valence-electron chi connectivity index (χ3n) is 8.21. The highest BCUT2D eigenvalue weighted by Crippen LogP contribution is 2.18. The van der Waals surface area contributed by atoms with E-state index in [1.165, 1.54) is 128 Å². The van der Waals surface area contributed by atoms with Crippen LogP contribution in [0.1, 0.15) is 176 Å². The van der Waals surface area contributed by atoms with E-state index >= 15 is 0 Å². The van der Waals surface area contributed by atoms with Gasteiger partial charge >= 0.3 is 11.9 Å². The van der Waals surface area contributed by atoms with Gasteiger partial charge in [0.15, 0.2) is 0 Å². The molecule has 0 heterocycles. The van der Waals surface area contributed by atoms with Gasteiger partial charge in [0.2, 0.25) is 0 Å². The zero-order valence-corrected chi connectivity index (χ0v) is 29.1. The van der Waals surface area contributed by atoms with Crippen molar-refractivity contribution in [1.29, 1.82) is 0 Å². The Hall–Kier alpha value is -3.02. The molecule has 6 nitrogen and oxygen atoms in total. The number of hydrogen-bond donors (Lipinski definition) is 2. The van der Waals surface area contributed by atoms with Gasteiger partial charge in [-0.3, -0.25) is 0 Å². The van der Waals surface area contributed by atoms with Gasteiger partial charge in [-0.25, -0.2) is 9.59 Å². The van der Waals surface area contributed by atoms with E-state index in [4.69, 9.17) is 9.47 Å². The smallest absolute Gasteiger partial charge is 0.341 e. The zero-order chi connectivity index (χ0) is 33.5. The Morgan fingerprint density at radius 2 is 0.696 bits per heavy atom. The molecule has 2 rings (SSSR count). The van der Waals surface area contributed by atoms with Gasteiger partial charge in [0, 0.05) is 0 Å². The molecule has 0 aromatic heterocycles. The van der Waals surface area contributed by atoms with E-state index < -0.39 is 11.9 Å². The highest BCUT2D eigenvalue weighted by Gasteiger charge is 2.12. The standard InChI is InChI=1S/2C20H32O3/c2*1-2-3-4-5-6-7-8-9-10-11-14-17-23-20(22)18-15-12-13-16-19(18)21/h2*12-13,15-16,21H,2-11,14,17H2,1H3. The zero-order valence-electron chi connectivity index (χ0n) is 29.1. The molecule has 2 aromatic carbocycles. The number of unbranched alkanes of at least 4 members (excludes halogenated alkanes) is 20. The fraction of sp³-hybridized carbons (Fsp3) is 0.650. The predicted molar refractivity (Wildman–Crippen MR) is 190 cm³/mol. The number of ether oxygens (including phenoxy) is 2. The van der Waals surface area contributed by atoms with Crippen LogP contribution in [0.4, 0.5) is 0 Å². The summed E-state index contributed by atoms with van der Waals surface area (Å²) in [7, 11) is 0. The summed E-state index contributed by atoms with van der Waals surface area (Å²) in [5.74, 6) is -0.904. The van der Waals surface area contributed by atoms with Crippen LogP contribution in [0.2, 0.25) is 0 Å². The Morgan fingerprint density at radius 3 is 0.978 bits per heavy atom. The molecule has 0 saturated heterocycles. The van der Waals surface area contributed by atoms with Gasteiger partial charge in [-0.1, -0.05) is 167 Å². The average Bonchev–Trinajstić information content (AvgIpc) is 3.06. The van der Waals surface area contributed by atoms with E-state index in [9.17, 15) is 19.8 Å². The Kier molecular flexibility index (Phi) is 26.2. The number of para-hydroxylation sites is 2. The second-order valence-corrected chi connectivity index (χ2v) is 12.4. The second kappa shape index (κ2) is 29.4. The maximum Gasteiger partial charge on any atom is 0.341 e. The van der Waals surface area contributed by atoms with Crippen molar-refractivity contribution >= 4 is 11.9 Å². The summed E-state index contributed by atoms with van der Waals surface area (Å²) < 4.78 is 10.4. The summed E-state index contributed by atoms with van der Waals surface area (Å²) >= 11 is 0. The van der Waals surface area contributed by atoms with Gasteiger partial charge in [0.1, 0.15) is 22.6 Å². The lowest BCUT2D eigenvalue weighted by molar-refractivity contribution is 0.0484. The highest BCUT2D eigenvalue weighted by molar-refractivity contribution is 5.92. The molecule has 0 radical (unpaired) electrons. The molecule has 0 aliphatic heterocycles. The van der Waals surface area contributed by atoms with E-state index in [1.54, 1.807) is 36.4 Å². The topological polar surface area (TPSA) is 93.1 Å². The van der Waals surface area contributed by atoms with Crippen molar-refractivity contribution in [3.8, 4) is 11.5 Å². The van der Waals surface area contributed by atoms with Crippen LogP contribution in [0.15, 0.2) is 48.5 Å². The van der Waals surface area contributed by atoms with Gasteiger partial charge < -0.3 is 19.7 Å². The van der Waals surface area contributed by atoms with Crippen molar-refractivity contribution in [2.24, 2.45) is 0 Å². The van der Waals surface area contributed by atoms with Gasteiger partial charge in [0.05, 0.1) is 13.2 Å². The summed E-state index contributed by atoms with van der Waals surface area (Å²) in [6.07, 6.45) is 28.0. The largest absolute Gasteiger partial charge is 0.507 e. The van der Waals surface area contributed by atoms with Crippen molar-refractivity contribution in [2.75, 3.05) is 13.2 Å². The maximum absolute atomic E-state index is 11.8. The van der Waals surface area contributed by atoms with E-state index in [0.717, 1.165) is 25.7 Å². The minimum Gasteiger partial charge on any atom is -0.507 e. The first-order chi connectivity index (χ1) is 22.5. The van der Waals surface area contributed by atoms with Crippen LogP contribution < -0.4 is 0 Å². The SMILES string of the molecule is CCCCCCCCCCCCCOC(=O)c1ccccc1O.CCCCCCCCCCCCCOC(=O)c1ccccc1O. The minimum absolute atomic E-state index is 0.0172. The molecular formula is C40H64O6. The molecule has 0 atom stereocenters. The first-order valence-electron chi connectivity index (χ1n) is 18.4. The molecule has 0 aliphatic carbocycles. The Labute approximate surface area is 280 Å². The molecule has 0 bridgehead atoms. The van der Waals surface area contributed by atoms with Crippen molar-refractivity contribution in [1.82, 2.24) is 0 Å². The molecule has 0 saturated carbocycles. The molecule has 0 spiro atoms. The third kappa shape index (κ3) is 21.7. The summed E-state index contributed by atoms with van der Waals surface area (Å²) in [6.45, 7) is 5.37. The van der Waals surface area contributed by atoms with Gasteiger partial charge in [-0.15, -0.1) is 0 Å². The van der Waals surface area contributed by atoms with Crippen LogP contribution in [0, 0.1) is 0 Å². The quantitative estimate of drug-likeness (QED) is 0.0785. The van der Waals surface area contributed by atoms with Gasteiger partial charge in [-0.05, 0) is 37.1 Å². The molecule has 0 fully saturated rings. The number of carbonyl (C=O) groups excluding carboxylic acids is 2. The number of carbonyl (C=O) groups is 2. The van der Waals surface area contributed by atoms with Crippen molar-refractivity contribution in [2.45, 2.75) is 155 Å². The molecule has 2 aromatic rings. The van der Waals surface area contributed by atoms with Crippen LogP contribution in [0.3, 0.4) is 0 Å². The summed E-state index contributed by atoms with van der Waals surface area (Å²) in [5, 5.41) is 19.1. The molecule has 0 aliphatic rings. The number of phenols is 2. The van der Waals surface area contributed by atoms with Gasteiger partial charge in [0.25, 0.3) is 0 Å². The first-order valence-corrected chi connectivity index (χ1v) is 18.4. The number of phenolic OH excluding ortho intramolecular Hbond substituents is 2. The predicted octanol–water partition coefficient (Wildman–Crippen LogP) is 11.7. The van der Waals surface area contributed by atoms with E-state index in [1.807, 2.05) is 0 Å². The second-order valence-electron chi connectivity index (χ2n) is 12.4. The number of hydrogen-bond acceptors (Lipinski definition) is 6. The summed E-state index contributed by atoms with van der Waals surface area (Å²) in [6, 6.07) is 13.0. The lowest BCUT2D eigenvalue weighted by Gasteiger charge is -2.06. The van der Waals surface area contributed by atoms with Crippen LogP contribution in [0.5, 0.6) is 11.5 Å². The van der Waals surface area contributed by atoms with Crippen LogP contribution in [-0.4, -0.2) is 35.4 Å². The van der Waals surface area contributed by atoms with Crippen LogP contribution in [0.25, 0.3) is 0 Å². The monoisotopic (exact) mass is 640 g/mol.